The maximum absolute atomic E-state index is 14.5. The third-order valence-corrected chi connectivity index (χ3v) is 4.73. The lowest BCUT2D eigenvalue weighted by molar-refractivity contribution is 0.221. The Morgan fingerprint density at radius 1 is 1.53 bits per heavy atom. The topological polar surface area (TPSA) is 0 Å². The predicted octanol–water partition coefficient (Wildman–Crippen LogP) is 1.75. The number of aryl methyl sites for hydroxylation is 1. The molecule has 1 aromatic rings. The van der Waals surface area contributed by atoms with E-state index in [0.717, 1.165) is 17.5 Å². The minimum absolute atomic E-state index is 0.0670. The zero-order valence-electron chi connectivity index (χ0n) is 9.82. The van der Waals surface area contributed by atoms with E-state index >= 15 is 0 Å². The molecule has 3 unspecified atom stereocenters. The largest absolute Gasteiger partial charge is 0.234 e. The number of hydrogen-bond acceptors (Lipinski definition) is 0. The summed E-state index contributed by atoms with van der Waals surface area (Å²) >= 11 is 0. The van der Waals surface area contributed by atoms with Crippen LogP contribution in [0.4, 0.5) is 4.39 Å². The van der Waals surface area contributed by atoms with Crippen LogP contribution in [-0.2, 0) is 11.8 Å². The number of rotatable bonds is 0. The third kappa shape index (κ3) is 1.46. The van der Waals surface area contributed by atoms with Gasteiger partial charge in [0.25, 0.3) is 0 Å². The molecular formula is C12H17BFP. The molecule has 0 heterocycles. The van der Waals surface area contributed by atoms with E-state index in [9.17, 15) is 4.39 Å². The summed E-state index contributed by atoms with van der Waals surface area (Å²) in [6.45, 7) is 6.13. The van der Waals surface area contributed by atoms with Crippen molar-refractivity contribution in [3.05, 3.63) is 28.3 Å². The predicted molar refractivity (Wildman–Crippen MR) is 69.5 cm³/mol. The van der Waals surface area contributed by atoms with Crippen molar-refractivity contribution < 1.29 is 4.39 Å². The number of benzene rings is 1. The van der Waals surface area contributed by atoms with Gasteiger partial charge < -0.3 is 0 Å². The van der Waals surface area contributed by atoms with Crippen LogP contribution in [0.1, 0.15) is 29.2 Å². The SMILES string of the molecule is Bc1c(C)cc2c(c1C)C(F)(P)C(C)C2. The van der Waals surface area contributed by atoms with Gasteiger partial charge in [-0.1, -0.05) is 38.8 Å². The average molecular weight is 222 g/mol. The second kappa shape index (κ2) is 3.32. The van der Waals surface area contributed by atoms with Crippen LogP contribution < -0.4 is 5.46 Å². The molecule has 0 saturated heterocycles. The first-order valence-corrected chi connectivity index (χ1v) is 6.01. The fourth-order valence-electron chi connectivity index (χ4n) is 2.59. The van der Waals surface area contributed by atoms with E-state index in [1.807, 2.05) is 13.8 Å². The Hall–Kier alpha value is -0.355. The molecule has 0 aromatic heterocycles. The van der Waals surface area contributed by atoms with Crippen LogP contribution in [0.15, 0.2) is 6.07 Å². The molecule has 3 atom stereocenters. The molecule has 80 valence electrons. The Balaban J connectivity index is 2.72. The van der Waals surface area contributed by atoms with Crippen LogP contribution in [0.2, 0.25) is 0 Å². The monoisotopic (exact) mass is 222 g/mol. The number of halogens is 1. The van der Waals surface area contributed by atoms with Crippen molar-refractivity contribution in [1.82, 2.24) is 0 Å². The Labute approximate surface area is 94.3 Å². The Morgan fingerprint density at radius 2 is 2.13 bits per heavy atom. The first kappa shape index (κ1) is 11.1. The van der Waals surface area contributed by atoms with Crippen LogP contribution in [0.3, 0.4) is 0 Å². The summed E-state index contributed by atoms with van der Waals surface area (Å²) < 4.78 is 14.5. The van der Waals surface area contributed by atoms with E-state index in [2.05, 4.69) is 30.1 Å². The molecule has 0 saturated carbocycles. The Morgan fingerprint density at radius 3 is 2.73 bits per heavy atom. The van der Waals surface area contributed by atoms with E-state index in [1.54, 1.807) is 0 Å². The van der Waals surface area contributed by atoms with Crippen molar-refractivity contribution in [2.75, 3.05) is 0 Å². The van der Waals surface area contributed by atoms with Gasteiger partial charge in [-0.15, -0.1) is 0 Å². The summed E-state index contributed by atoms with van der Waals surface area (Å²) in [6, 6.07) is 2.15. The molecule has 0 N–H and O–H groups in total. The average Bonchev–Trinajstić information content (AvgIpc) is 2.34. The second-order valence-corrected chi connectivity index (χ2v) is 5.69. The molecule has 0 fully saturated rings. The molecule has 0 aliphatic heterocycles. The van der Waals surface area contributed by atoms with Crippen LogP contribution in [0.25, 0.3) is 0 Å². The number of alkyl halides is 1. The summed E-state index contributed by atoms with van der Waals surface area (Å²) in [5.41, 5.74) is 5.75. The summed E-state index contributed by atoms with van der Waals surface area (Å²) in [4.78, 5) is 0. The van der Waals surface area contributed by atoms with E-state index < -0.39 is 5.41 Å². The van der Waals surface area contributed by atoms with Crippen LogP contribution >= 0.6 is 9.24 Å². The molecule has 1 aromatic carbocycles. The zero-order valence-corrected chi connectivity index (χ0v) is 11.0. The van der Waals surface area contributed by atoms with Crippen molar-refractivity contribution in [2.24, 2.45) is 5.92 Å². The van der Waals surface area contributed by atoms with Gasteiger partial charge in [0.05, 0.1) is 0 Å². The van der Waals surface area contributed by atoms with E-state index in [4.69, 9.17) is 0 Å². The van der Waals surface area contributed by atoms with E-state index in [0.29, 0.717) is 0 Å². The standard InChI is InChI=1S/C12H17BFP/c1-6-4-9-5-7(2)12(14,15)10(9)8(3)11(6)13/h4,7H,5,13,15H2,1-3H3. The second-order valence-electron chi connectivity index (χ2n) is 4.85. The zero-order chi connectivity index (χ0) is 11.4. The van der Waals surface area contributed by atoms with E-state index in [1.165, 1.54) is 16.6 Å². The van der Waals surface area contributed by atoms with Gasteiger partial charge in [-0.3, -0.25) is 0 Å². The summed E-state index contributed by atoms with van der Waals surface area (Å²) in [6.07, 6.45) is 0.858. The van der Waals surface area contributed by atoms with Crippen LogP contribution in [0, 0.1) is 19.8 Å². The highest BCUT2D eigenvalue weighted by molar-refractivity contribution is 7.18. The van der Waals surface area contributed by atoms with Gasteiger partial charge >= 0.3 is 0 Å². The van der Waals surface area contributed by atoms with Crippen LogP contribution in [0.5, 0.6) is 0 Å². The molecule has 15 heavy (non-hydrogen) atoms. The highest BCUT2D eigenvalue weighted by Crippen LogP contribution is 2.50. The Bertz CT molecular complexity index is 426. The van der Waals surface area contributed by atoms with Crippen molar-refractivity contribution in [3.63, 3.8) is 0 Å². The fourth-order valence-corrected chi connectivity index (χ4v) is 3.10. The van der Waals surface area contributed by atoms with Crippen molar-refractivity contribution in [3.8, 4) is 0 Å². The third-order valence-electron chi connectivity index (χ3n) is 3.87. The molecule has 0 spiro atoms. The maximum atomic E-state index is 14.5. The van der Waals surface area contributed by atoms with Gasteiger partial charge in [0, 0.05) is 5.92 Å². The summed E-state index contributed by atoms with van der Waals surface area (Å²) in [5.74, 6) is 0.0670. The molecule has 1 aliphatic carbocycles. The quantitative estimate of drug-likeness (QED) is 0.463. The lowest BCUT2D eigenvalue weighted by Crippen LogP contribution is -2.21. The van der Waals surface area contributed by atoms with Crippen LogP contribution in [-0.4, -0.2) is 7.85 Å². The fraction of sp³-hybridized carbons (Fsp3) is 0.500. The van der Waals surface area contributed by atoms with Crippen molar-refractivity contribution in [1.29, 1.82) is 0 Å². The van der Waals surface area contributed by atoms with Gasteiger partial charge in [0.1, 0.15) is 7.85 Å². The van der Waals surface area contributed by atoms with Gasteiger partial charge in [-0.05, 0) is 31.4 Å². The van der Waals surface area contributed by atoms with Gasteiger partial charge in [0.15, 0.2) is 5.41 Å². The minimum Gasteiger partial charge on any atom is -0.234 e. The van der Waals surface area contributed by atoms with E-state index in [-0.39, 0.29) is 5.92 Å². The molecule has 1 aliphatic rings. The first-order chi connectivity index (χ1) is 6.85. The first-order valence-electron chi connectivity index (χ1n) is 5.43. The van der Waals surface area contributed by atoms with Gasteiger partial charge in [0.2, 0.25) is 0 Å². The van der Waals surface area contributed by atoms with Gasteiger partial charge in [-0.25, -0.2) is 4.39 Å². The highest BCUT2D eigenvalue weighted by Gasteiger charge is 2.42. The molecule has 0 radical (unpaired) electrons. The lowest BCUT2D eigenvalue weighted by atomic mass is 9.82. The number of fused-ring (bicyclic) bond motifs is 1. The van der Waals surface area contributed by atoms with Crippen molar-refractivity contribution in [2.45, 2.75) is 32.6 Å². The normalized spacial score (nSPS) is 29.3. The Kier molecular flexibility index (Phi) is 2.46. The molecule has 0 nitrogen and oxygen atoms in total. The summed E-state index contributed by atoms with van der Waals surface area (Å²) in [5, 5.41) is -1.22. The highest BCUT2D eigenvalue weighted by atomic mass is 31.0. The molecule has 3 heteroatoms. The molecule has 0 bridgehead atoms. The molecular weight excluding hydrogens is 205 g/mol. The number of hydrogen-bond donors (Lipinski definition) is 0. The minimum atomic E-state index is -1.22. The molecule has 0 amide bonds. The molecule has 2 rings (SSSR count). The lowest BCUT2D eigenvalue weighted by Gasteiger charge is -2.23. The van der Waals surface area contributed by atoms with Gasteiger partial charge in [-0.2, -0.15) is 0 Å². The summed E-state index contributed by atoms with van der Waals surface area (Å²) in [7, 11) is 4.48. The maximum Gasteiger partial charge on any atom is 0.151 e. The van der Waals surface area contributed by atoms with Crippen molar-refractivity contribution >= 4 is 22.5 Å². The smallest absolute Gasteiger partial charge is 0.151 e.